The third kappa shape index (κ3) is 4.24. The van der Waals surface area contributed by atoms with Crippen LogP contribution >= 0.6 is 0 Å². The minimum Gasteiger partial charge on any atom is -0.378 e. The lowest BCUT2D eigenvalue weighted by molar-refractivity contribution is -0.0261. The van der Waals surface area contributed by atoms with E-state index in [0.717, 1.165) is 18.6 Å². The molecule has 0 aromatic carbocycles. The molecular formula is C16H31NO. The van der Waals surface area contributed by atoms with E-state index in [-0.39, 0.29) is 0 Å². The van der Waals surface area contributed by atoms with Gasteiger partial charge in [0.1, 0.15) is 0 Å². The van der Waals surface area contributed by atoms with Crippen LogP contribution in [0.1, 0.15) is 65.7 Å². The number of ether oxygens (including phenoxy) is 1. The molecule has 2 fully saturated rings. The summed E-state index contributed by atoms with van der Waals surface area (Å²) >= 11 is 0. The van der Waals surface area contributed by atoms with Crippen molar-refractivity contribution in [3.05, 3.63) is 0 Å². The largest absolute Gasteiger partial charge is 0.378 e. The van der Waals surface area contributed by atoms with Gasteiger partial charge in [-0.25, -0.2) is 0 Å². The van der Waals surface area contributed by atoms with Crippen molar-refractivity contribution in [1.82, 2.24) is 5.32 Å². The van der Waals surface area contributed by atoms with E-state index in [1.165, 1.54) is 44.9 Å². The molecule has 1 saturated carbocycles. The molecule has 0 amide bonds. The standard InChI is InChI=1S/C16H31NO/c1-12(2)16-11-15(9-10-18-16)17-14-6-4-5-13(3)7-8-14/h12-17H,4-11H2,1-3H3. The maximum atomic E-state index is 5.86. The molecule has 0 bridgehead atoms. The molecule has 0 aromatic rings. The van der Waals surface area contributed by atoms with Crippen molar-refractivity contribution in [3.63, 3.8) is 0 Å². The lowest BCUT2D eigenvalue weighted by Crippen LogP contribution is -2.45. The second-order valence-electron chi connectivity index (χ2n) is 6.85. The Morgan fingerprint density at radius 3 is 2.61 bits per heavy atom. The zero-order valence-corrected chi connectivity index (χ0v) is 12.5. The molecule has 0 spiro atoms. The van der Waals surface area contributed by atoms with Crippen LogP contribution < -0.4 is 5.32 Å². The molecule has 2 heteroatoms. The quantitative estimate of drug-likeness (QED) is 0.774. The highest BCUT2D eigenvalue weighted by Gasteiger charge is 2.27. The molecule has 1 aliphatic heterocycles. The van der Waals surface area contributed by atoms with Crippen molar-refractivity contribution in [1.29, 1.82) is 0 Å². The monoisotopic (exact) mass is 253 g/mol. The third-order valence-corrected chi connectivity index (χ3v) is 4.79. The highest BCUT2D eigenvalue weighted by atomic mass is 16.5. The van der Waals surface area contributed by atoms with E-state index in [4.69, 9.17) is 4.74 Å². The molecule has 1 saturated heterocycles. The van der Waals surface area contributed by atoms with E-state index in [9.17, 15) is 0 Å². The molecule has 0 aromatic heterocycles. The summed E-state index contributed by atoms with van der Waals surface area (Å²) in [6.07, 6.45) is 9.91. The molecule has 18 heavy (non-hydrogen) atoms. The Labute approximate surface area is 113 Å². The van der Waals surface area contributed by atoms with Gasteiger partial charge in [0.25, 0.3) is 0 Å². The van der Waals surface area contributed by atoms with Gasteiger partial charge in [-0.05, 0) is 43.9 Å². The number of rotatable bonds is 3. The van der Waals surface area contributed by atoms with Crippen molar-refractivity contribution >= 4 is 0 Å². The molecule has 1 N–H and O–H groups in total. The number of hydrogen-bond acceptors (Lipinski definition) is 2. The van der Waals surface area contributed by atoms with Crippen LogP contribution in [0.3, 0.4) is 0 Å². The predicted molar refractivity (Wildman–Crippen MR) is 76.8 cm³/mol. The maximum Gasteiger partial charge on any atom is 0.0612 e. The van der Waals surface area contributed by atoms with E-state index >= 15 is 0 Å². The Morgan fingerprint density at radius 1 is 1.00 bits per heavy atom. The van der Waals surface area contributed by atoms with Crippen LogP contribution in [0.25, 0.3) is 0 Å². The van der Waals surface area contributed by atoms with E-state index in [0.29, 0.717) is 18.1 Å². The fourth-order valence-corrected chi connectivity index (χ4v) is 3.43. The average molecular weight is 253 g/mol. The van der Waals surface area contributed by atoms with Crippen molar-refractivity contribution in [2.75, 3.05) is 6.61 Å². The van der Waals surface area contributed by atoms with Gasteiger partial charge in [-0.1, -0.05) is 33.6 Å². The van der Waals surface area contributed by atoms with E-state index in [1.54, 1.807) is 0 Å². The number of nitrogens with one attached hydrogen (secondary N) is 1. The van der Waals surface area contributed by atoms with Crippen LogP contribution in [-0.2, 0) is 4.74 Å². The summed E-state index contributed by atoms with van der Waals surface area (Å²) in [6, 6.07) is 1.47. The Bertz CT molecular complexity index is 241. The van der Waals surface area contributed by atoms with E-state index in [2.05, 4.69) is 26.1 Å². The maximum absolute atomic E-state index is 5.86. The summed E-state index contributed by atoms with van der Waals surface area (Å²) < 4.78 is 5.86. The highest BCUT2D eigenvalue weighted by molar-refractivity contribution is 4.83. The second-order valence-corrected chi connectivity index (χ2v) is 6.85. The highest BCUT2D eigenvalue weighted by Crippen LogP contribution is 2.25. The molecule has 1 heterocycles. The molecule has 0 radical (unpaired) electrons. The van der Waals surface area contributed by atoms with Crippen LogP contribution in [-0.4, -0.2) is 24.8 Å². The molecule has 2 aliphatic rings. The first-order chi connectivity index (χ1) is 8.65. The fourth-order valence-electron chi connectivity index (χ4n) is 3.43. The first-order valence-electron chi connectivity index (χ1n) is 8.02. The molecule has 1 aliphatic carbocycles. The lowest BCUT2D eigenvalue weighted by atomic mass is 9.94. The van der Waals surface area contributed by atoms with Gasteiger partial charge in [0, 0.05) is 18.7 Å². The van der Waals surface area contributed by atoms with Crippen LogP contribution in [0.2, 0.25) is 0 Å². The molecule has 2 rings (SSSR count). The average Bonchev–Trinajstić information content (AvgIpc) is 2.55. The van der Waals surface area contributed by atoms with Gasteiger partial charge in [0.2, 0.25) is 0 Å². The van der Waals surface area contributed by atoms with Crippen LogP contribution in [0.5, 0.6) is 0 Å². The van der Waals surface area contributed by atoms with Gasteiger partial charge >= 0.3 is 0 Å². The SMILES string of the molecule is CC1CCCC(NC2CCOC(C(C)C)C2)CC1. The summed E-state index contributed by atoms with van der Waals surface area (Å²) in [4.78, 5) is 0. The van der Waals surface area contributed by atoms with Gasteiger partial charge in [-0.3, -0.25) is 0 Å². The summed E-state index contributed by atoms with van der Waals surface area (Å²) in [7, 11) is 0. The molecule has 106 valence electrons. The summed E-state index contributed by atoms with van der Waals surface area (Å²) in [6.45, 7) is 7.91. The first-order valence-corrected chi connectivity index (χ1v) is 8.02. The van der Waals surface area contributed by atoms with Crippen molar-refractivity contribution in [2.45, 2.75) is 83.9 Å². The van der Waals surface area contributed by atoms with Crippen LogP contribution in [0.15, 0.2) is 0 Å². The zero-order valence-electron chi connectivity index (χ0n) is 12.5. The molecule has 2 nitrogen and oxygen atoms in total. The van der Waals surface area contributed by atoms with E-state index in [1.807, 2.05) is 0 Å². The molecular weight excluding hydrogens is 222 g/mol. The van der Waals surface area contributed by atoms with Crippen molar-refractivity contribution in [2.24, 2.45) is 11.8 Å². The van der Waals surface area contributed by atoms with E-state index < -0.39 is 0 Å². The Hall–Kier alpha value is -0.0800. The van der Waals surface area contributed by atoms with Gasteiger partial charge in [0.05, 0.1) is 6.10 Å². The lowest BCUT2D eigenvalue weighted by Gasteiger charge is -2.34. The minimum absolute atomic E-state index is 0.473. The van der Waals surface area contributed by atoms with Crippen molar-refractivity contribution < 1.29 is 4.74 Å². The smallest absolute Gasteiger partial charge is 0.0612 e. The first kappa shape index (κ1) is 14.3. The van der Waals surface area contributed by atoms with Gasteiger partial charge in [-0.15, -0.1) is 0 Å². The zero-order chi connectivity index (χ0) is 13.0. The van der Waals surface area contributed by atoms with Gasteiger partial charge in [0.15, 0.2) is 0 Å². The van der Waals surface area contributed by atoms with Crippen LogP contribution in [0, 0.1) is 11.8 Å². The predicted octanol–water partition coefficient (Wildman–Crippen LogP) is 3.75. The normalized spacial score (nSPS) is 38.7. The Balaban J connectivity index is 1.77. The van der Waals surface area contributed by atoms with Gasteiger partial charge < -0.3 is 10.1 Å². The molecule has 4 atom stereocenters. The van der Waals surface area contributed by atoms with Crippen LogP contribution in [0.4, 0.5) is 0 Å². The second kappa shape index (κ2) is 6.91. The minimum atomic E-state index is 0.473. The molecule has 4 unspecified atom stereocenters. The summed E-state index contributed by atoms with van der Waals surface area (Å²) in [5.41, 5.74) is 0. The number of hydrogen-bond donors (Lipinski definition) is 1. The Kier molecular flexibility index (Phi) is 5.50. The topological polar surface area (TPSA) is 21.3 Å². The Morgan fingerprint density at radius 2 is 1.83 bits per heavy atom. The summed E-state index contributed by atoms with van der Waals surface area (Å²) in [5, 5.41) is 3.92. The summed E-state index contributed by atoms with van der Waals surface area (Å²) in [5.74, 6) is 1.60. The fraction of sp³-hybridized carbons (Fsp3) is 1.00. The van der Waals surface area contributed by atoms with Crippen molar-refractivity contribution in [3.8, 4) is 0 Å². The third-order valence-electron chi connectivity index (χ3n) is 4.79. The van der Waals surface area contributed by atoms with Gasteiger partial charge in [-0.2, -0.15) is 0 Å².